The third-order valence-electron chi connectivity index (χ3n) is 6.64. The SMILES string of the molecule is O=C(Nc1cc2cc(-c3c(Cl)c(F)c(C4CCCC4)c4[nH]ncc34)ccn2n1)C1CC1F. The second kappa shape index (κ2) is 7.27. The molecule has 9 heteroatoms. The number of alkyl halides is 1. The predicted octanol–water partition coefficient (Wildman–Crippen LogP) is 5.62. The molecule has 1 amide bonds. The van der Waals surface area contributed by atoms with Crippen molar-refractivity contribution in [2.45, 2.75) is 44.2 Å². The van der Waals surface area contributed by atoms with Gasteiger partial charge in [0.25, 0.3) is 0 Å². The number of carbonyl (C=O) groups is 1. The van der Waals surface area contributed by atoms with Gasteiger partial charge in [-0.05, 0) is 42.9 Å². The van der Waals surface area contributed by atoms with Gasteiger partial charge in [-0.3, -0.25) is 9.89 Å². The average molecular weight is 456 g/mol. The lowest BCUT2D eigenvalue weighted by molar-refractivity contribution is -0.117. The minimum Gasteiger partial charge on any atom is -0.309 e. The first-order chi connectivity index (χ1) is 15.5. The van der Waals surface area contributed by atoms with E-state index in [9.17, 15) is 9.18 Å². The van der Waals surface area contributed by atoms with Crippen molar-refractivity contribution in [2.75, 3.05) is 5.32 Å². The second-order valence-electron chi connectivity index (χ2n) is 8.72. The van der Waals surface area contributed by atoms with Crippen LogP contribution in [0.3, 0.4) is 0 Å². The Balaban J connectivity index is 1.42. The van der Waals surface area contributed by atoms with Crippen LogP contribution in [0, 0.1) is 11.7 Å². The summed E-state index contributed by atoms with van der Waals surface area (Å²) in [5, 5.41) is 15.0. The molecule has 3 heterocycles. The normalized spacial score (nSPS) is 21.0. The number of carbonyl (C=O) groups excluding carboxylic acids is 1. The fourth-order valence-electron chi connectivity index (χ4n) is 4.88. The second-order valence-corrected chi connectivity index (χ2v) is 9.10. The van der Waals surface area contributed by atoms with E-state index in [4.69, 9.17) is 11.6 Å². The number of H-pyrrole nitrogens is 1. The number of benzene rings is 1. The Kier molecular flexibility index (Phi) is 4.47. The highest BCUT2D eigenvalue weighted by atomic mass is 35.5. The van der Waals surface area contributed by atoms with Gasteiger partial charge in [-0.2, -0.15) is 10.2 Å². The first-order valence-corrected chi connectivity index (χ1v) is 11.2. The molecule has 2 aliphatic rings. The topological polar surface area (TPSA) is 75.1 Å². The van der Waals surface area contributed by atoms with Gasteiger partial charge in [-0.1, -0.05) is 24.4 Å². The monoisotopic (exact) mass is 455 g/mol. The molecule has 6 rings (SSSR count). The van der Waals surface area contributed by atoms with Crippen LogP contribution in [0.25, 0.3) is 27.5 Å². The molecular formula is C23H20ClF2N5O. The number of rotatable bonds is 4. The minimum atomic E-state index is -1.07. The Hall–Kier alpha value is -3.00. The largest absolute Gasteiger partial charge is 0.309 e. The van der Waals surface area contributed by atoms with Gasteiger partial charge in [0, 0.05) is 28.8 Å². The van der Waals surface area contributed by atoms with Crippen LogP contribution in [-0.2, 0) is 4.79 Å². The predicted molar refractivity (Wildman–Crippen MR) is 118 cm³/mol. The lowest BCUT2D eigenvalue weighted by atomic mass is 9.91. The molecule has 0 bridgehead atoms. The van der Waals surface area contributed by atoms with E-state index in [1.165, 1.54) is 0 Å². The number of amides is 1. The lowest BCUT2D eigenvalue weighted by Crippen LogP contribution is -2.15. The zero-order chi connectivity index (χ0) is 22.0. The van der Waals surface area contributed by atoms with Gasteiger partial charge >= 0.3 is 0 Å². The van der Waals surface area contributed by atoms with Crippen LogP contribution in [0.15, 0.2) is 30.6 Å². The van der Waals surface area contributed by atoms with Crippen molar-refractivity contribution in [3.8, 4) is 11.1 Å². The highest BCUT2D eigenvalue weighted by molar-refractivity contribution is 6.35. The number of halogens is 3. The van der Waals surface area contributed by atoms with Crippen LogP contribution in [0.1, 0.15) is 43.6 Å². The summed E-state index contributed by atoms with van der Waals surface area (Å²) >= 11 is 6.60. The van der Waals surface area contributed by atoms with Crippen molar-refractivity contribution in [1.82, 2.24) is 19.8 Å². The zero-order valence-corrected chi connectivity index (χ0v) is 17.8. The molecule has 0 aliphatic heterocycles. The van der Waals surface area contributed by atoms with Gasteiger partial charge in [0.2, 0.25) is 5.91 Å². The summed E-state index contributed by atoms with van der Waals surface area (Å²) in [7, 11) is 0. The molecule has 32 heavy (non-hydrogen) atoms. The molecule has 0 saturated heterocycles. The molecule has 6 nitrogen and oxygen atoms in total. The number of nitrogens with one attached hydrogen (secondary N) is 2. The van der Waals surface area contributed by atoms with E-state index in [-0.39, 0.29) is 23.3 Å². The molecule has 3 aromatic heterocycles. The zero-order valence-electron chi connectivity index (χ0n) is 17.0. The summed E-state index contributed by atoms with van der Waals surface area (Å²) < 4.78 is 30.2. The fraction of sp³-hybridized carbons (Fsp3) is 0.348. The van der Waals surface area contributed by atoms with Crippen LogP contribution in [0.4, 0.5) is 14.6 Å². The van der Waals surface area contributed by atoms with E-state index in [0.717, 1.165) is 36.6 Å². The number of aromatic amines is 1. The van der Waals surface area contributed by atoms with Gasteiger partial charge in [0.05, 0.1) is 28.2 Å². The van der Waals surface area contributed by atoms with E-state index < -0.39 is 17.9 Å². The van der Waals surface area contributed by atoms with Gasteiger partial charge < -0.3 is 5.32 Å². The summed E-state index contributed by atoms with van der Waals surface area (Å²) in [4.78, 5) is 12.0. The number of anilines is 1. The van der Waals surface area contributed by atoms with Gasteiger partial charge in [0.1, 0.15) is 12.0 Å². The molecule has 2 unspecified atom stereocenters. The number of hydrogen-bond acceptors (Lipinski definition) is 3. The van der Waals surface area contributed by atoms with E-state index in [1.54, 1.807) is 29.0 Å². The maximum atomic E-state index is 15.5. The number of aromatic nitrogens is 4. The Morgan fingerprint density at radius 3 is 2.81 bits per heavy atom. The summed E-state index contributed by atoms with van der Waals surface area (Å²) in [6.45, 7) is 0. The molecular weight excluding hydrogens is 436 g/mol. The van der Waals surface area contributed by atoms with Crippen LogP contribution < -0.4 is 5.32 Å². The average Bonchev–Trinajstić information content (AvgIpc) is 3.21. The summed E-state index contributed by atoms with van der Waals surface area (Å²) in [5.74, 6) is -0.868. The summed E-state index contributed by atoms with van der Waals surface area (Å²) in [5.41, 5.74) is 3.31. The number of fused-ring (bicyclic) bond motifs is 2. The highest BCUT2D eigenvalue weighted by Gasteiger charge is 2.43. The van der Waals surface area contributed by atoms with Crippen LogP contribution in [0.2, 0.25) is 5.02 Å². The first-order valence-electron chi connectivity index (χ1n) is 10.8. The van der Waals surface area contributed by atoms with E-state index in [2.05, 4.69) is 20.6 Å². The summed E-state index contributed by atoms with van der Waals surface area (Å²) in [6.07, 6.45) is 6.66. The quantitative estimate of drug-likeness (QED) is 0.419. The molecule has 2 N–H and O–H groups in total. The molecule has 2 aliphatic carbocycles. The standard InChI is InChI=1S/C23H20ClF2N5O/c24-20-18(15-10-27-29-22(15)19(21(20)26)11-3-1-2-4-11)12-5-6-31-13(7-12)8-17(30-31)28-23(32)14-9-16(14)25/h5-8,10-11,14,16H,1-4,9H2,(H,27,29)(H,28,30,32). The first kappa shape index (κ1) is 19.7. The third-order valence-corrected chi connectivity index (χ3v) is 7.00. The molecule has 2 saturated carbocycles. The highest BCUT2D eigenvalue weighted by Crippen LogP contribution is 2.45. The molecule has 0 radical (unpaired) electrons. The van der Waals surface area contributed by atoms with Crippen molar-refractivity contribution < 1.29 is 13.6 Å². The van der Waals surface area contributed by atoms with Crippen molar-refractivity contribution in [3.63, 3.8) is 0 Å². The van der Waals surface area contributed by atoms with Gasteiger partial charge in [-0.15, -0.1) is 0 Å². The van der Waals surface area contributed by atoms with Crippen molar-refractivity contribution in [2.24, 2.45) is 5.92 Å². The van der Waals surface area contributed by atoms with Crippen LogP contribution in [0.5, 0.6) is 0 Å². The smallest absolute Gasteiger partial charge is 0.231 e. The Morgan fingerprint density at radius 2 is 2.06 bits per heavy atom. The van der Waals surface area contributed by atoms with Gasteiger partial charge in [0.15, 0.2) is 5.82 Å². The molecule has 1 aromatic carbocycles. The molecule has 2 fully saturated rings. The molecule has 164 valence electrons. The van der Waals surface area contributed by atoms with E-state index in [0.29, 0.717) is 28.0 Å². The Labute approximate surface area is 186 Å². The van der Waals surface area contributed by atoms with Crippen molar-refractivity contribution >= 4 is 39.7 Å². The van der Waals surface area contributed by atoms with E-state index >= 15 is 4.39 Å². The van der Waals surface area contributed by atoms with Crippen LogP contribution in [-0.4, -0.2) is 31.9 Å². The van der Waals surface area contributed by atoms with Crippen LogP contribution >= 0.6 is 11.6 Å². The van der Waals surface area contributed by atoms with Crippen molar-refractivity contribution in [3.05, 3.63) is 47.0 Å². The maximum Gasteiger partial charge on any atom is 0.231 e. The van der Waals surface area contributed by atoms with Gasteiger partial charge in [-0.25, -0.2) is 13.3 Å². The molecule has 0 spiro atoms. The minimum absolute atomic E-state index is 0.0842. The molecule has 2 atom stereocenters. The third kappa shape index (κ3) is 3.08. The lowest BCUT2D eigenvalue weighted by Gasteiger charge is -2.16. The Bertz CT molecular complexity index is 1370. The molecule has 4 aromatic rings. The number of nitrogens with zero attached hydrogens (tertiary/aromatic N) is 3. The number of pyridine rings is 1. The maximum absolute atomic E-state index is 15.5. The number of hydrogen-bond donors (Lipinski definition) is 2. The van der Waals surface area contributed by atoms with E-state index in [1.807, 2.05) is 6.07 Å². The fourth-order valence-corrected chi connectivity index (χ4v) is 5.19. The Morgan fingerprint density at radius 1 is 1.28 bits per heavy atom. The summed E-state index contributed by atoms with van der Waals surface area (Å²) in [6, 6.07) is 5.33. The van der Waals surface area contributed by atoms with Crippen molar-refractivity contribution in [1.29, 1.82) is 0 Å².